The van der Waals surface area contributed by atoms with E-state index >= 15 is 0 Å². The highest BCUT2D eigenvalue weighted by Crippen LogP contribution is 2.34. The molecule has 1 N–H and O–H groups in total. The van der Waals surface area contributed by atoms with Crippen LogP contribution in [0.2, 0.25) is 0 Å². The number of ether oxygens (including phenoxy) is 1. The zero-order valence-corrected chi connectivity index (χ0v) is 14.3. The molecule has 5 heteroatoms. The molecule has 0 bridgehead atoms. The van der Waals surface area contributed by atoms with Crippen molar-refractivity contribution < 1.29 is 4.74 Å². The van der Waals surface area contributed by atoms with Gasteiger partial charge in [0.05, 0.1) is 5.69 Å². The summed E-state index contributed by atoms with van der Waals surface area (Å²) in [5.74, 6) is 1.59. The van der Waals surface area contributed by atoms with Gasteiger partial charge in [-0.15, -0.1) is 11.3 Å². The lowest BCUT2D eigenvalue weighted by molar-refractivity contribution is 0.183. The van der Waals surface area contributed by atoms with Crippen molar-refractivity contribution in [3.63, 3.8) is 0 Å². The topological polar surface area (TPSA) is 47.0 Å². The molecule has 1 atom stereocenters. The highest BCUT2D eigenvalue weighted by Gasteiger charge is 2.21. The normalized spacial score (nSPS) is 16.5. The highest BCUT2D eigenvalue weighted by molar-refractivity contribution is 7.13. The number of nitrogens with one attached hydrogen (secondary N) is 1. The molecule has 1 aliphatic carbocycles. The van der Waals surface area contributed by atoms with E-state index in [1.165, 1.54) is 11.1 Å². The van der Waals surface area contributed by atoms with Gasteiger partial charge in [0.1, 0.15) is 17.7 Å². The molecule has 122 valence electrons. The first-order valence-corrected chi connectivity index (χ1v) is 9.05. The fourth-order valence-corrected chi connectivity index (χ4v) is 3.76. The van der Waals surface area contributed by atoms with Crippen molar-refractivity contribution in [2.75, 3.05) is 5.32 Å². The SMILES string of the molecule is Cc1csc(Nc2cc(OC3CCCc4ccccc43)ccn2)n1. The minimum atomic E-state index is 0.118. The molecule has 0 spiro atoms. The number of nitrogens with zero attached hydrogens (tertiary/aromatic N) is 2. The summed E-state index contributed by atoms with van der Waals surface area (Å²) in [4.78, 5) is 8.76. The molecule has 1 aromatic carbocycles. The van der Waals surface area contributed by atoms with Crippen LogP contribution >= 0.6 is 11.3 Å². The van der Waals surface area contributed by atoms with E-state index < -0.39 is 0 Å². The van der Waals surface area contributed by atoms with Crippen molar-refractivity contribution in [1.82, 2.24) is 9.97 Å². The number of rotatable bonds is 4. The van der Waals surface area contributed by atoms with E-state index in [2.05, 4.69) is 39.6 Å². The lowest BCUT2D eigenvalue weighted by Crippen LogP contribution is -2.15. The Morgan fingerprint density at radius 1 is 1.25 bits per heavy atom. The number of thiazole rings is 1. The van der Waals surface area contributed by atoms with Crippen LogP contribution in [0.5, 0.6) is 5.75 Å². The molecule has 24 heavy (non-hydrogen) atoms. The molecule has 0 fully saturated rings. The van der Waals surface area contributed by atoms with Crippen LogP contribution in [0.1, 0.15) is 35.8 Å². The molecule has 2 heterocycles. The molecule has 0 saturated carbocycles. The first-order valence-electron chi connectivity index (χ1n) is 8.17. The number of hydrogen-bond donors (Lipinski definition) is 1. The second-order valence-corrected chi connectivity index (χ2v) is 6.85. The van der Waals surface area contributed by atoms with Gasteiger partial charge in [-0.3, -0.25) is 0 Å². The predicted molar refractivity (Wildman–Crippen MR) is 97.1 cm³/mol. The monoisotopic (exact) mass is 337 g/mol. The smallest absolute Gasteiger partial charge is 0.188 e. The summed E-state index contributed by atoms with van der Waals surface area (Å²) in [7, 11) is 0. The van der Waals surface area contributed by atoms with Crippen molar-refractivity contribution in [3.05, 3.63) is 64.8 Å². The highest BCUT2D eigenvalue weighted by atomic mass is 32.1. The maximum Gasteiger partial charge on any atom is 0.188 e. The Balaban J connectivity index is 1.52. The molecular weight excluding hydrogens is 318 g/mol. The maximum absolute atomic E-state index is 6.27. The maximum atomic E-state index is 6.27. The molecule has 1 aliphatic rings. The van der Waals surface area contributed by atoms with Gasteiger partial charge in [-0.2, -0.15) is 0 Å². The summed E-state index contributed by atoms with van der Waals surface area (Å²) in [6.07, 6.45) is 5.24. The minimum absolute atomic E-state index is 0.118. The Bertz CT molecular complexity index is 846. The Morgan fingerprint density at radius 3 is 3.04 bits per heavy atom. The van der Waals surface area contributed by atoms with Crippen molar-refractivity contribution >= 4 is 22.3 Å². The average molecular weight is 337 g/mol. The summed E-state index contributed by atoms with van der Waals surface area (Å²) < 4.78 is 6.27. The average Bonchev–Trinajstić information content (AvgIpc) is 3.00. The van der Waals surface area contributed by atoms with E-state index in [0.717, 1.165) is 41.7 Å². The van der Waals surface area contributed by atoms with Gasteiger partial charge in [-0.1, -0.05) is 24.3 Å². The molecule has 0 amide bonds. The van der Waals surface area contributed by atoms with Gasteiger partial charge >= 0.3 is 0 Å². The van der Waals surface area contributed by atoms with Crippen molar-refractivity contribution in [2.45, 2.75) is 32.3 Å². The van der Waals surface area contributed by atoms with Crippen LogP contribution in [-0.2, 0) is 6.42 Å². The second kappa shape index (κ2) is 6.61. The van der Waals surface area contributed by atoms with E-state index in [9.17, 15) is 0 Å². The number of aromatic nitrogens is 2. The first kappa shape index (κ1) is 15.1. The summed E-state index contributed by atoms with van der Waals surface area (Å²) in [6.45, 7) is 1.98. The molecule has 2 aromatic heterocycles. The third-order valence-corrected chi connectivity index (χ3v) is 5.05. The number of anilines is 2. The minimum Gasteiger partial charge on any atom is -0.486 e. The first-order chi connectivity index (χ1) is 11.8. The van der Waals surface area contributed by atoms with Gasteiger partial charge < -0.3 is 10.1 Å². The van der Waals surface area contributed by atoms with Gasteiger partial charge in [-0.25, -0.2) is 9.97 Å². The van der Waals surface area contributed by atoms with E-state index in [1.54, 1.807) is 17.5 Å². The lowest BCUT2D eigenvalue weighted by Gasteiger charge is -2.26. The van der Waals surface area contributed by atoms with Crippen LogP contribution in [0.3, 0.4) is 0 Å². The van der Waals surface area contributed by atoms with Crippen LogP contribution in [-0.4, -0.2) is 9.97 Å². The molecule has 4 nitrogen and oxygen atoms in total. The van der Waals surface area contributed by atoms with Gasteiger partial charge in [0, 0.05) is 17.6 Å². The third kappa shape index (κ3) is 3.26. The Hall–Kier alpha value is -2.40. The fraction of sp³-hybridized carbons (Fsp3) is 0.263. The zero-order chi connectivity index (χ0) is 16.4. The Morgan fingerprint density at radius 2 is 2.17 bits per heavy atom. The van der Waals surface area contributed by atoms with Crippen LogP contribution in [0.15, 0.2) is 48.0 Å². The number of benzene rings is 1. The Labute approximate surface area is 145 Å². The van der Waals surface area contributed by atoms with Crippen molar-refractivity contribution in [2.24, 2.45) is 0 Å². The number of aryl methyl sites for hydroxylation is 2. The van der Waals surface area contributed by atoms with Crippen LogP contribution in [0, 0.1) is 6.92 Å². The predicted octanol–water partition coefficient (Wildman–Crippen LogP) is 5.05. The van der Waals surface area contributed by atoms with Gasteiger partial charge in [-0.05, 0) is 43.4 Å². The number of hydrogen-bond acceptors (Lipinski definition) is 5. The van der Waals surface area contributed by atoms with Gasteiger partial charge in [0.2, 0.25) is 0 Å². The fourth-order valence-electron chi connectivity index (χ4n) is 3.07. The second-order valence-electron chi connectivity index (χ2n) is 5.99. The largest absolute Gasteiger partial charge is 0.486 e. The molecule has 0 aliphatic heterocycles. The van der Waals surface area contributed by atoms with Crippen molar-refractivity contribution in [3.8, 4) is 5.75 Å². The molecule has 4 rings (SSSR count). The van der Waals surface area contributed by atoms with Crippen LogP contribution < -0.4 is 10.1 Å². The van der Waals surface area contributed by atoms with Crippen LogP contribution in [0.4, 0.5) is 10.9 Å². The standard InChI is InChI=1S/C19H19N3OS/c1-13-12-24-19(21-13)22-18-11-15(9-10-20-18)23-17-8-4-6-14-5-2-3-7-16(14)17/h2-3,5,7,9-12,17H,4,6,8H2,1H3,(H,20,21,22). The summed E-state index contributed by atoms with van der Waals surface area (Å²) in [5, 5.41) is 6.10. The van der Waals surface area contributed by atoms with Crippen molar-refractivity contribution in [1.29, 1.82) is 0 Å². The molecule has 3 aromatic rings. The van der Waals surface area contributed by atoms with Gasteiger partial charge in [0.25, 0.3) is 0 Å². The molecular formula is C19H19N3OS. The number of pyridine rings is 1. The zero-order valence-electron chi connectivity index (χ0n) is 13.5. The van der Waals surface area contributed by atoms with E-state index in [0.29, 0.717) is 0 Å². The van der Waals surface area contributed by atoms with E-state index in [-0.39, 0.29) is 6.10 Å². The summed E-state index contributed by atoms with van der Waals surface area (Å²) in [6, 6.07) is 12.4. The molecule has 0 radical (unpaired) electrons. The summed E-state index contributed by atoms with van der Waals surface area (Å²) >= 11 is 1.57. The van der Waals surface area contributed by atoms with Crippen LogP contribution in [0.25, 0.3) is 0 Å². The van der Waals surface area contributed by atoms with Gasteiger partial charge in [0.15, 0.2) is 5.13 Å². The number of fused-ring (bicyclic) bond motifs is 1. The summed E-state index contributed by atoms with van der Waals surface area (Å²) in [5.41, 5.74) is 3.72. The lowest BCUT2D eigenvalue weighted by atomic mass is 9.89. The Kier molecular flexibility index (Phi) is 4.17. The quantitative estimate of drug-likeness (QED) is 0.724. The third-order valence-electron chi connectivity index (χ3n) is 4.18. The molecule has 0 saturated heterocycles. The molecule has 1 unspecified atom stereocenters. The van der Waals surface area contributed by atoms with E-state index in [4.69, 9.17) is 4.74 Å². The van der Waals surface area contributed by atoms with E-state index in [1.807, 2.05) is 24.4 Å².